The number of nitrogens with one attached hydrogen (secondary N) is 1. The number of hydrogen-bond acceptors (Lipinski definition) is 6. The molecule has 1 aromatic carbocycles. The summed E-state index contributed by atoms with van der Waals surface area (Å²) in [6.45, 7) is 4.59. The molecule has 0 spiro atoms. The Kier molecular flexibility index (Phi) is 6.08. The molecule has 0 aliphatic heterocycles. The molecule has 4 aromatic rings. The first-order valence-electron chi connectivity index (χ1n) is 10.3. The van der Waals surface area contributed by atoms with Crippen molar-refractivity contribution in [3.8, 4) is 0 Å². The fraction of sp³-hybridized carbons (Fsp3) is 0.381. The van der Waals surface area contributed by atoms with E-state index < -0.39 is 0 Å². The van der Waals surface area contributed by atoms with E-state index in [1.165, 1.54) is 11.8 Å². The van der Waals surface area contributed by atoms with Gasteiger partial charge in [-0.25, -0.2) is 0 Å². The van der Waals surface area contributed by atoms with Crippen molar-refractivity contribution in [3.63, 3.8) is 0 Å². The Morgan fingerprint density at radius 3 is 2.74 bits per heavy atom. The molecule has 0 saturated heterocycles. The van der Waals surface area contributed by atoms with Gasteiger partial charge in [0.05, 0.1) is 22.3 Å². The van der Waals surface area contributed by atoms with E-state index in [0.29, 0.717) is 28.7 Å². The molecule has 1 N–H and O–H groups in total. The van der Waals surface area contributed by atoms with Crippen molar-refractivity contribution in [2.75, 3.05) is 11.1 Å². The number of rotatable bonds is 8. The van der Waals surface area contributed by atoms with Crippen molar-refractivity contribution in [2.45, 2.75) is 44.8 Å². The second-order valence-corrected chi connectivity index (χ2v) is 8.37. The van der Waals surface area contributed by atoms with Crippen LogP contribution in [0.2, 0.25) is 0 Å². The SMILES string of the molecule is CCCCCn1c(=O)c2ccccc2n2c(SCC(=O)Nc3cc(C)nn3C)nnc12. The molecule has 162 valence electrons. The van der Waals surface area contributed by atoms with Crippen LogP contribution in [-0.4, -0.2) is 40.6 Å². The monoisotopic (exact) mass is 439 g/mol. The maximum Gasteiger partial charge on any atom is 0.262 e. The molecule has 4 rings (SSSR count). The highest BCUT2D eigenvalue weighted by Crippen LogP contribution is 2.22. The number of anilines is 1. The minimum Gasteiger partial charge on any atom is -0.310 e. The van der Waals surface area contributed by atoms with Crippen LogP contribution in [0.5, 0.6) is 0 Å². The Labute approximate surface area is 183 Å². The van der Waals surface area contributed by atoms with Crippen molar-refractivity contribution in [3.05, 3.63) is 46.4 Å². The Balaban J connectivity index is 1.65. The van der Waals surface area contributed by atoms with Crippen LogP contribution in [0.25, 0.3) is 16.7 Å². The van der Waals surface area contributed by atoms with Crippen molar-refractivity contribution in [1.82, 2.24) is 28.9 Å². The van der Waals surface area contributed by atoms with Crippen LogP contribution in [0.15, 0.2) is 40.3 Å². The fourth-order valence-corrected chi connectivity index (χ4v) is 4.33. The molecule has 3 aromatic heterocycles. The largest absolute Gasteiger partial charge is 0.310 e. The smallest absolute Gasteiger partial charge is 0.262 e. The summed E-state index contributed by atoms with van der Waals surface area (Å²) in [6, 6.07) is 9.25. The number of nitrogens with zero attached hydrogens (tertiary/aromatic N) is 6. The highest BCUT2D eigenvalue weighted by atomic mass is 32.2. The summed E-state index contributed by atoms with van der Waals surface area (Å²) in [5, 5.41) is 16.9. The Bertz CT molecular complexity index is 1300. The number of hydrogen-bond donors (Lipinski definition) is 1. The number of fused-ring (bicyclic) bond motifs is 3. The van der Waals surface area contributed by atoms with Gasteiger partial charge in [-0.15, -0.1) is 10.2 Å². The fourth-order valence-electron chi connectivity index (χ4n) is 3.59. The molecule has 0 fully saturated rings. The first-order chi connectivity index (χ1) is 15.0. The van der Waals surface area contributed by atoms with Crippen molar-refractivity contribution < 1.29 is 4.79 Å². The predicted molar refractivity (Wildman–Crippen MR) is 122 cm³/mol. The number of amides is 1. The maximum absolute atomic E-state index is 13.1. The minimum atomic E-state index is -0.162. The van der Waals surface area contributed by atoms with Gasteiger partial charge in [0.15, 0.2) is 5.16 Å². The van der Waals surface area contributed by atoms with E-state index in [4.69, 9.17) is 0 Å². The van der Waals surface area contributed by atoms with Crippen LogP contribution >= 0.6 is 11.8 Å². The second-order valence-electron chi connectivity index (χ2n) is 7.43. The molecule has 31 heavy (non-hydrogen) atoms. The van der Waals surface area contributed by atoms with Crippen LogP contribution in [0, 0.1) is 6.92 Å². The summed E-state index contributed by atoms with van der Waals surface area (Å²) in [6.07, 6.45) is 3.00. The van der Waals surface area contributed by atoms with Gasteiger partial charge in [0.25, 0.3) is 5.56 Å². The quantitative estimate of drug-likeness (QED) is 0.335. The molecule has 0 aliphatic carbocycles. The van der Waals surface area contributed by atoms with Gasteiger partial charge in [-0.1, -0.05) is 43.7 Å². The number of para-hydroxylation sites is 1. The minimum absolute atomic E-state index is 0.0625. The van der Waals surface area contributed by atoms with E-state index in [0.717, 1.165) is 30.5 Å². The Hall–Kier alpha value is -3.14. The Morgan fingerprint density at radius 2 is 2.00 bits per heavy atom. The summed E-state index contributed by atoms with van der Waals surface area (Å²) in [7, 11) is 1.78. The van der Waals surface area contributed by atoms with Crippen LogP contribution in [-0.2, 0) is 18.4 Å². The summed E-state index contributed by atoms with van der Waals surface area (Å²) < 4.78 is 5.19. The van der Waals surface area contributed by atoms with E-state index in [9.17, 15) is 9.59 Å². The first-order valence-corrected chi connectivity index (χ1v) is 11.3. The lowest BCUT2D eigenvalue weighted by molar-refractivity contribution is -0.113. The highest BCUT2D eigenvalue weighted by Gasteiger charge is 2.17. The van der Waals surface area contributed by atoms with Gasteiger partial charge >= 0.3 is 0 Å². The van der Waals surface area contributed by atoms with Crippen LogP contribution in [0.3, 0.4) is 0 Å². The lowest BCUT2D eigenvalue weighted by atomic mass is 10.2. The zero-order valence-electron chi connectivity index (χ0n) is 17.8. The number of benzene rings is 1. The maximum atomic E-state index is 13.1. The van der Waals surface area contributed by atoms with Crippen molar-refractivity contribution in [1.29, 1.82) is 0 Å². The van der Waals surface area contributed by atoms with Gasteiger partial charge in [-0.2, -0.15) is 5.10 Å². The number of thioether (sulfide) groups is 1. The average molecular weight is 440 g/mol. The lowest BCUT2D eigenvalue weighted by Gasteiger charge is -2.11. The van der Waals surface area contributed by atoms with Crippen LogP contribution in [0.4, 0.5) is 5.82 Å². The third kappa shape index (κ3) is 4.20. The first kappa shape index (κ1) is 21.1. The van der Waals surface area contributed by atoms with E-state index in [1.54, 1.807) is 16.3 Å². The summed E-state index contributed by atoms with van der Waals surface area (Å²) in [5.41, 5.74) is 1.51. The summed E-state index contributed by atoms with van der Waals surface area (Å²) >= 11 is 1.29. The summed E-state index contributed by atoms with van der Waals surface area (Å²) in [4.78, 5) is 25.5. The average Bonchev–Trinajstić information content (AvgIpc) is 3.31. The van der Waals surface area contributed by atoms with Gasteiger partial charge in [-0.05, 0) is 25.5 Å². The van der Waals surface area contributed by atoms with E-state index in [-0.39, 0.29) is 17.2 Å². The third-order valence-electron chi connectivity index (χ3n) is 5.07. The normalized spacial score (nSPS) is 11.5. The molecular formula is C21H25N7O2S. The molecule has 1 amide bonds. The molecule has 9 nitrogen and oxygen atoms in total. The van der Waals surface area contributed by atoms with Crippen molar-refractivity contribution in [2.24, 2.45) is 7.05 Å². The number of aryl methyl sites for hydroxylation is 3. The Morgan fingerprint density at radius 1 is 1.19 bits per heavy atom. The number of aromatic nitrogens is 6. The summed E-state index contributed by atoms with van der Waals surface area (Å²) in [5.74, 6) is 1.15. The topological polar surface area (TPSA) is 99.1 Å². The zero-order valence-corrected chi connectivity index (χ0v) is 18.6. The van der Waals surface area contributed by atoms with Gasteiger partial charge in [0.2, 0.25) is 11.7 Å². The van der Waals surface area contributed by atoms with Gasteiger partial charge in [0.1, 0.15) is 5.82 Å². The van der Waals surface area contributed by atoms with Gasteiger partial charge in [0, 0.05) is 19.7 Å². The molecule has 0 bridgehead atoms. The molecule has 0 unspecified atom stereocenters. The molecule has 0 radical (unpaired) electrons. The molecule has 0 aliphatic rings. The molecular weight excluding hydrogens is 414 g/mol. The predicted octanol–water partition coefficient (Wildman–Crippen LogP) is 3.01. The molecule has 10 heteroatoms. The molecule has 0 saturated carbocycles. The van der Waals surface area contributed by atoms with E-state index in [1.807, 2.05) is 41.7 Å². The van der Waals surface area contributed by atoms with Gasteiger partial charge < -0.3 is 5.32 Å². The zero-order chi connectivity index (χ0) is 22.0. The lowest BCUT2D eigenvalue weighted by Crippen LogP contribution is -2.23. The van der Waals surface area contributed by atoms with Crippen LogP contribution in [0.1, 0.15) is 31.9 Å². The standard InChI is InChI=1S/C21H25N7O2S/c1-4-5-8-11-27-19(30)15-9-6-7-10-16(15)28-20(27)23-24-21(28)31-13-18(29)22-17-12-14(2)25-26(17)3/h6-7,9-10,12H,4-5,8,11,13H2,1-3H3,(H,22,29). The molecule has 3 heterocycles. The third-order valence-corrected chi connectivity index (χ3v) is 5.99. The number of unbranched alkanes of at least 4 members (excludes halogenated alkanes) is 2. The highest BCUT2D eigenvalue weighted by molar-refractivity contribution is 7.99. The number of carbonyl (C=O) groups is 1. The van der Waals surface area contributed by atoms with Crippen molar-refractivity contribution >= 4 is 40.2 Å². The van der Waals surface area contributed by atoms with Gasteiger partial charge in [-0.3, -0.25) is 23.2 Å². The van der Waals surface area contributed by atoms with E-state index in [2.05, 4.69) is 27.5 Å². The number of carbonyl (C=O) groups excluding carboxylic acids is 1. The molecule has 0 atom stereocenters. The van der Waals surface area contributed by atoms with E-state index >= 15 is 0 Å². The van der Waals surface area contributed by atoms with Crippen LogP contribution < -0.4 is 10.9 Å². The second kappa shape index (κ2) is 8.93.